The molecule has 2 nitrogen and oxygen atoms in total. The molecule has 0 amide bonds. The van der Waals surface area contributed by atoms with Crippen molar-refractivity contribution >= 4 is 12.4 Å². The minimum atomic E-state index is -5.02. The van der Waals surface area contributed by atoms with Crippen molar-refractivity contribution in [1.82, 2.24) is 9.97 Å². The third kappa shape index (κ3) is 3.89. The van der Waals surface area contributed by atoms with Gasteiger partial charge >= 0.3 is 58.4 Å². The fourth-order valence-corrected chi connectivity index (χ4v) is 1.24. The van der Waals surface area contributed by atoms with Crippen molar-refractivity contribution in [2.45, 2.75) is 0 Å². The number of nitrogens with zero attached hydrogens (tertiary/aromatic N) is 2. The van der Waals surface area contributed by atoms with E-state index in [9.17, 15) is 12.9 Å². The smallest absolute Gasteiger partial charge is 0.445 e. The fraction of sp³-hybridized carbons (Fsp3) is 0. The van der Waals surface area contributed by atoms with Gasteiger partial charge in [-0.05, 0) is 0 Å². The molecule has 17 heavy (non-hydrogen) atoms. The molecule has 0 saturated carbocycles. The first kappa shape index (κ1) is 14.9. The Morgan fingerprint density at radius 2 is 1.41 bits per heavy atom. The number of rotatable bonds is 2. The summed E-state index contributed by atoms with van der Waals surface area (Å²) in [6, 6.07) is 8.86. The zero-order valence-electron chi connectivity index (χ0n) is 9.15. The van der Waals surface area contributed by atoms with E-state index in [0.717, 1.165) is 12.4 Å². The SMILES string of the molecule is F[B-](F)(F)c1cnc(-c2ccccc2)nc1.[K+]. The van der Waals surface area contributed by atoms with Crippen LogP contribution in [0.15, 0.2) is 42.7 Å². The van der Waals surface area contributed by atoms with Crippen LogP contribution in [0, 0.1) is 0 Å². The van der Waals surface area contributed by atoms with Crippen LogP contribution in [0.3, 0.4) is 0 Å². The van der Waals surface area contributed by atoms with Gasteiger partial charge < -0.3 is 12.9 Å². The van der Waals surface area contributed by atoms with Crippen LogP contribution in [-0.2, 0) is 0 Å². The van der Waals surface area contributed by atoms with Crippen LogP contribution in [0.25, 0.3) is 11.4 Å². The van der Waals surface area contributed by atoms with E-state index in [0.29, 0.717) is 11.4 Å². The topological polar surface area (TPSA) is 25.8 Å². The van der Waals surface area contributed by atoms with E-state index in [4.69, 9.17) is 0 Å². The van der Waals surface area contributed by atoms with Gasteiger partial charge in [0.15, 0.2) is 5.82 Å². The molecular weight excluding hydrogens is 255 g/mol. The minimum absolute atomic E-state index is 0. The molecule has 2 rings (SSSR count). The molecule has 0 aliphatic rings. The molecule has 7 heteroatoms. The molecule has 0 N–H and O–H groups in total. The predicted molar refractivity (Wildman–Crippen MR) is 56.2 cm³/mol. The third-order valence-electron chi connectivity index (χ3n) is 2.08. The van der Waals surface area contributed by atoms with Gasteiger partial charge in [-0.25, -0.2) is 9.97 Å². The average molecular weight is 262 g/mol. The van der Waals surface area contributed by atoms with Crippen LogP contribution in [0.2, 0.25) is 0 Å². The Morgan fingerprint density at radius 1 is 0.882 bits per heavy atom. The Kier molecular flexibility index (Phi) is 5.33. The molecule has 1 heterocycles. The Balaban J connectivity index is 0.00000144. The first-order valence-corrected chi connectivity index (χ1v) is 4.64. The van der Waals surface area contributed by atoms with Gasteiger partial charge in [0.2, 0.25) is 0 Å². The molecule has 1 aromatic heterocycles. The summed E-state index contributed by atoms with van der Waals surface area (Å²) < 4.78 is 36.9. The summed E-state index contributed by atoms with van der Waals surface area (Å²) in [5.41, 5.74) is -0.0802. The molecule has 82 valence electrons. The average Bonchev–Trinajstić information content (AvgIpc) is 2.29. The van der Waals surface area contributed by atoms with Crippen LogP contribution < -0.4 is 56.8 Å². The third-order valence-corrected chi connectivity index (χ3v) is 2.08. The molecule has 0 bridgehead atoms. The van der Waals surface area contributed by atoms with E-state index in [1.807, 2.05) is 6.07 Å². The molecule has 0 fully saturated rings. The normalized spacial score (nSPS) is 10.8. The molecule has 0 atom stereocenters. The molecule has 0 saturated heterocycles. The number of aromatic nitrogens is 2. The Labute approximate surface area is 139 Å². The second-order valence-electron chi connectivity index (χ2n) is 3.28. The van der Waals surface area contributed by atoms with Crippen molar-refractivity contribution in [2.24, 2.45) is 0 Å². The zero-order chi connectivity index (χ0) is 11.6. The summed E-state index contributed by atoms with van der Waals surface area (Å²) >= 11 is 0. The standard InChI is InChI=1S/C10H7BF3N2.K/c12-11(13,14)9-6-15-10(16-7-9)8-4-2-1-3-5-8;/h1-7H;/q-1;+1. The molecule has 0 unspecified atom stereocenters. The van der Waals surface area contributed by atoms with E-state index >= 15 is 0 Å². The van der Waals surface area contributed by atoms with Gasteiger partial charge in [0, 0.05) is 18.0 Å². The molecular formula is C10H7BF3KN2. The van der Waals surface area contributed by atoms with Crippen molar-refractivity contribution in [3.05, 3.63) is 42.7 Å². The summed E-state index contributed by atoms with van der Waals surface area (Å²) in [6.45, 7) is -5.02. The van der Waals surface area contributed by atoms with Crippen LogP contribution in [0.5, 0.6) is 0 Å². The van der Waals surface area contributed by atoms with Crippen molar-refractivity contribution in [1.29, 1.82) is 0 Å². The number of benzene rings is 1. The summed E-state index contributed by atoms with van der Waals surface area (Å²) in [4.78, 5) is 7.40. The maximum atomic E-state index is 12.3. The van der Waals surface area contributed by atoms with E-state index in [-0.39, 0.29) is 51.4 Å². The minimum Gasteiger partial charge on any atom is -0.445 e. The van der Waals surface area contributed by atoms with Gasteiger partial charge in [0.25, 0.3) is 0 Å². The van der Waals surface area contributed by atoms with E-state index in [1.54, 1.807) is 24.3 Å². The van der Waals surface area contributed by atoms with Crippen molar-refractivity contribution in [3.8, 4) is 11.4 Å². The summed E-state index contributed by atoms with van der Waals surface area (Å²) in [7, 11) is 0. The number of halogens is 3. The van der Waals surface area contributed by atoms with Gasteiger partial charge in [0.05, 0.1) is 0 Å². The molecule has 1 aromatic carbocycles. The van der Waals surface area contributed by atoms with Gasteiger partial charge in [-0.1, -0.05) is 35.8 Å². The van der Waals surface area contributed by atoms with Crippen LogP contribution >= 0.6 is 0 Å². The molecule has 0 aliphatic carbocycles. The van der Waals surface area contributed by atoms with Gasteiger partial charge in [-0.2, -0.15) is 0 Å². The molecule has 2 aromatic rings. The van der Waals surface area contributed by atoms with E-state index in [1.165, 1.54) is 0 Å². The van der Waals surface area contributed by atoms with Crippen LogP contribution in [0.1, 0.15) is 0 Å². The maximum Gasteiger partial charge on any atom is 1.00 e. The summed E-state index contributed by atoms with van der Waals surface area (Å²) in [5, 5.41) is 0. The quantitative estimate of drug-likeness (QED) is 0.662. The predicted octanol–water partition coefficient (Wildman–Crippen LogP) is -0.798. The Bertz CT molecular complexity index is 473. The van der Waals surface area contributed by atoms with Crippen molar-refractivity contribution in [3.63, 3.8) is 0 Å². The van der Waals surface area contributed by atoms with E-state index < -0.39 is 12.4 Å². The first-order valence-electron chi connectivity index (χ1n) is 4.64. The van der Waals surface area contributed by atoms with Crippen molar-refractivity contribution < 1.29 is 64.3 Å². The van der Waals surface area contributed by atoms with Gasteiger partial charge in [0.1, 0.15) is 0 Å². The van der Waals surface area contributed by atoms with E-state index in [2.05, 4.69) is 9.97 Å². The summed E-state index contributed by atoms with van der Waals surface area (Å²) in [6.07, 6.45) is 1.63. The second-order valence-corrected chi connectivity index (χ2v) is 3.28. The van der Waals surface area contributed by atoms with Gasteiger partial charge in [-0.3, -0.25) is 0 Å². The molecule has 0 aliphatic heterocycles. The second kappa shape index (κ2) is 6.10. The van der Waals surface area contributed by atoms with Crippen LogP contribution in [0.4, 0.5) is 12.9 Å². The van der Waals surface area contributed by atoms with Gasteiger partial charge in [-0.15, -0.1) is 0 Å². The monoisotopic (exact) mass is 262 g/mol. The molecule has 0 spiro atoms. The Hall–Kier alpha value is -0.209. The maximum absolute atomic E-state index is 12.3. The summed E-state index contributed by atoms with van der Waals surface area (Å²) in [5.74, 6) is 0.296. The first-order chi connectivity index (χ1) is 7.57. The molecule has 0 radical (unpaired) electrons. The van der Waals surface area contributed by atoms with Crippen molar-refractivity contribution in [2.75, 3.05) is 0 Å². The number of hydrogen-bond donors (Lipinski definition) is 0. The largest absolute Gasteiger partial charge is 1.00 e. The fourth-order valence-electron chi connectivity index (χ4n) is 1.24. The zero-order valence-corrected chi connectivity index (χ0v) is 12.3. The number of hydrogen-bond acceptors (Lipinski definition) is 2. The Morgan fingerprint density at radius 3 is 1.88 bits per heavy atom. The van der Waals surface area contributed by atoms with Crippen LogP contribution in [-0.4, -0.2) is 16.9 Å².